The lowest BCUT2D eigenvalue weighted by Gasteiger charge is -2.07. The lowest BCUT2D eigenvalue weighted by molar-refractivity contribution is -0.384. The molecule has 152 valence electrons. The van der Waals surface area contributed by atoms with Crippen LogP contribution in [0.15, 0.2) is 89.6 Å². The van der Waals surface area contributed by atoms with Gasteiger partial charge in [0, 0.05) is 23.3 Å². The minimum atomic E-state index is -0.691. The number of non-ortho nitro benzene ring substituents is 1. The summed E-state index contributed by atoms with van der Waals surface area (Å²) in [6.07, 6.45) is 1.47. The van der Waals surface area contributed by atoms with Crippen LogP contribution in [-0.2, 0) is 9.53 Å². The number of rotatable bonds is 5. The monoisotopic (exact) mass is 414 g/mol. The Morgan fingerprint density at radius 2 is 1.65 bits per heavy atom. The number of nitro groups is 1. The van der Waals surface area contributed by atoms with Gasteiger partial charge < -0.3 is 9.47 Å². The maximum absolute atomic E-state index is 12.5. The second-order valence-corrected chi connectivity index (χ2v) is 6.43. The van der Waals surface area contributed by atoms with Gasteiger partial charge in [-0.3, -0.25) is 10.1 Å². The lowest BCUT2D eigenvalue weighted by Crippen LogP contribution is -2.09. The summed E-state index contributed by atoms with van der Waals surface area (Å²) in [5, 5.41) is 10.8. The van der Waals surface area contributed by atoms with Gasteiger partial charge in [0.25, 0.3) is 5.69 Å². The van der Waals surface area contributed by atoms with E-state index >= 15 is 0 Å². The Morgan fingerprint density at radius 3 is 2.35 bits per heavy atom. The minimum absolute atomic E-state index is 0.0673. The van der Waals surface area contributed by atoms with Gasteiger partial charge in [0.15, 0.2) is 5.70 Å². The number of benzene rings is 3. The van der Waals surface area contributed by atoms with E-state index in [1.807, 2.05) is 6.07 Å². The topological polar surface area (TPSA) is 108 Å². The van der Waals surface area contributed by atoms with Gasteiger partial charge in [-0.15, -0.1) is 0 Å². The van der Waals surface area contributed by atoms with E-state index in [1.165, 1.54) is 30.3 Å². The number of carbonyl (C=O) groups is 2. The quantitative estimate of drug-likeness (QED) is 0.204. The highest BCUT2D eigenvalue weighted by atomic mass is 16.6. The summed E-state index contributed by atoms with van der Waals surface area (Å²) < 4.78 is 10.7. The fourth-order valence-electron chi connectivity index (χ4n) is 2.83. The molecule has 0 fully saturated rings. The van der Waals surface area contributed by atoms with Crippen molar-refractivity contribution in [2.24, 2.45) is 4.99 Å². The van der Waals surface area contributed by atoms with Crippen LogP contribution in [0.4, 0.5) is 5.69 Å². The number of ether oxygens (including phenoxy) is 2. The van der Waals surface area contributed by atoms with Gasteiger partial charge in [-0.25, -0.2) is 14.6 Å². The number of para-hydroxylation sites is 1. The highest BCUT2D eigenvalue weighted by Crippen LogP contribution is 2.25. The average molecular weight is 414 g/mol. The lowest BCUT2D eigenvalue weighted by atomic mass is 10.1. The average Bonchev–Trinajstić information content (AvgIpc) is 3.16. The van der Waals surface area contributed by atoms with Crippen molar-refractivity contribution in [2.45, 2.75) is 0 Å². The fourth-order valence-corrected chi connectivity index (χ4v) is 2.83. The fraction of sp³-hybridized carbons (Fsp3) is 0. The number of hydrogen-bond acceptors (Lipinski definition) is 7. The molecule has 4 rings (SSSR count). The number of hydrogen-bond donors (Lipinski definition) is 0. The van der Waals surface area contributed by atoms with E-state index in [-0.39, 0.29) is 28.6 Å². The number of esters is 2. The van der Waals surface area contributed by atoms with Crippen LogP contribution >= 0.6 is 0 Å². The van der Waals surface area contributed by atoms with Crippen molar-refractivity contribution in [2.75, 3.05) is 0 Å². The molecule has 31 heavy (non-hydrogen) atoms. The molecule has 3 aromatic rings. The summed E-state index contributed by atoms with van der Waals surface area (Å²) in [6.45, 7) is 0. The van der Waals surface area contributed by atoms with Crippen LogP contribution in [0.25, 0.3) is 6.08 Å². The van der Waals surface area contributed by atoms with Crippen molar-refractivity contribution in [1.29, 1.82) is 0 Å². The molecule has 1 aliphatic rings. The molecule has 0 radical (unpaired) electrons. The SMILES string of the molecule is O=C1OC(c2ccccc2)=N/C1=C\c1ccccc1OC(=O)c1ccc([N+](=O)[O-])cc1. The molecule has 0 saturated carbocycles. The Hall–Kier alpha value is -4.59. The summed E-state index contributed by atoms with van der Waals surface area (Å²) in [5.41, 5.74) is 1.20. The highest BCUT2D eigenvalue weighted by molar-refractivity contribution is 6.13. The van der Waals surface area contributed by atoms with Gasteiger partial charge >= 0.3 is 11.9 Å². The molecule has 0 atom stereocenters. The normalized spacial score (nSPS) is 14.1. The first-order chi connectivity index (χ1) is 15.0. The Balaban J connectivity index is 1.59. The second-order valence-electron chi connectivity index (χ2n) is 6.43. The third-order valence-corrected chi connectivity index (χ3v) is 4.37. The predicted octanol–water partition coefficient (Wildman–Crippen LogP) is 4.16. The molecule has 0 aromatic heterocycles. The number of carbonyl (C=O) groups excluding carboxylic acids is 2. The van der Waals surface area contributed by atoms with E-state index < -0.39 is 16.9 Å². The first-order valence-electron chi connectivity index (χ1n) is 9.15. The molecule has 3 aromatic carbocycles. The van der Waals surface area contributed by atoms with E-state index in [4.69, 9.17) is 9.47 Å². The van der Waals surface area contributed by atoms with Crippen molar-refractivity contribution >= 4 is 29.6 Å². The first kappa shape index (κ1) is 19.7. The molecule has 0 N–H and O–H groups in total. The Kier molecular flexibility index (Phi) is 5.35. The van der Waals surface area contributed by atoms with Gasteiger partial charge in [0.1, 0.15) is 5.75 Å². The summed E-state index contributed by atoms with van der Waals surface area (Å²) in [6, 6.07) is 20.7. The molecular formula is C23H14N2O6. The number of nitro benzene ring substituents is 1. The van der Waals surface area contributed by atoms with Gasteiger partial charge in [-0.2, -0.15) is 0 Å². The zero-order chi connectivity index (χ0) is 21.8. The smallest absolute Gasteiger partial charge is 0.363 e. The summed E-state index contributed by atoms with van der Waals surface area (Å²) >= 11 is 0. The molecule has 1 heterocycles. The van der Waals surface area contributed by atoms with Crippen LogP contribution in [0.1, 0.15) is 21.5 Å². The third kappa shape index (κ3) is 4.38. The van der Waals surface area contributed by atoms with Crippen molar-refractivity contribution in [3.05, 3.63) is 111 Å². The van der Waals surface area contributed by atoms with E-state index in [0.717, 1.165) is 0 Å². The Morgan fingerprint density at radius 1 is 0.968 bits per heavy atom. The van der Waals surface area contributed by atoms with E-state index in [2.05, 4.69) is 4.99 Å². The Bertz CT molecular complexity index is 1230. The minimum Gasteiger partial charge on any atom is -0.422 e. The third-order valence-electron chi connectivity index (χ3n) is 4.37. The van der Waals surface area contributed by atoms with Gasteiger partial charge in [0.05, 0.1) is 10.5 Å². The standard InChI is InChI=1S/C23H14N2O6/c26-22(16-10-12-18(13-11-16)25(28)29)30-20-9-5-4-8-17(20)14-19-23(27)31-21(24-19)15-6-2-1-3-7-15/h1-14H/b19-14-. The molecular weight excluding hydrogens is 400 g/mol. The van der Waals surface area contributed by atoms with E-state index in [9.17, 15) is 19.7 Å². The van der Waals surface area contributed by atoms with Crippen LogP contribution in [0.3, 0.4) is 0 Å². The number of aliphatic imine (C=N–C) groups is 1. The molecule has 0 aliphatic carbocycles. The molecule has 0 unspecified atom stereocenters. The van der Waals surface area contributed by atoms with Gasteiger partial charge in [0.2, 0.25) is 5.90 Å². The molecule has 0 saturated heterocycles. The second kappa shape index (κ2) is 8.42. The van der Waals surface area contributed by atoms with Crippen LogP contribution in [-0.4, -0.2) is 22.8 Å². The van der Waals surface area contributed by atoms with Crippen molar-refractivity contribution in [3.63, 3.8) is 0 Å². The number of nitrogens with zero attached hydrogens (tertiary/aromatic N) is 2. The summed E-state index contributed by atoms with van der Waals surface area (Å²) in [7, 11) is 0. The molecule has 0 amide bonds. The molecule has 8 nitrogen and oxygen atoms in total. The molecule has 8 heteroatoms. The van der Waals surface area contributed by atoms with Crippen LogP contribution in [0, 0.1) is 10.1 Å². The van der Waals surface area contributed by atoms with Crippen LogP contribution in [0.2, 0.25) is 0 Å². The van der Waals surface area contributed by atoms with Crippen molar-refractivity contribution in [1.82, 2.24) is 0 Å². The summed E-state index contributed by atoms with van der Waals surface area (Å²) in [5.74, 6) is -0.912. The largest absolute Gasteiger partial charge is 0.422 e. The maximum Gasteiger partial charge on any atom is 0.363 e. The molecule has 0 bridgehead atoms. The first-order valence-corrected chi connectivity index (χ1v) is 9.15. The number of cyclic esters (lactones) is 1. The molecule has 0 spiro atoms. The highest BCUT2D eigenvalue weighted by Gasteiger charge is 2.24. The summed E-state index contributed by atoms with van der Waals surface area (Å²) in [4.78, 5) is 39.1. The maximum atomic E-state index is 12.5. The molecule has 1 aliphatic heterocycles. The zero-order valence-corrected chi connectivity index (χ0v) is 15.9. The predicted molar refractivity (Wildman–Crippen MR) is 112 cm³/mol. The van der Waals surface area contributed by atoms with E-state index in [1.54, 1.807) is 48.5 Å². The van der Waals surface area contributed by atoms with Gasteiger partial charge in [-0.05, 0) is 36.4 Å². The van der Waals surface area contributed by atoms with Crippen LogP contribution < -0.4 is 4.74 Å². The zero-order valence-electron chi connectivity index (χ0n) is 15.9. The van der Waals surface area contributed by atoms with Gasteiger partial charge in [-0.1, -0.05) is 36.4 Å². The van der Waals surface area contributed by atoms with Crippen molar-refractivity contribution < 1.29 is 24.0 Å². The van der Waals surface area contributed by atoms with Crippen LogP contribution in [0.5, 0.6) is 5.75 Å². The van der Waals surface area contributed by atoms with Crippen molar-refractivity contribution in [3.8, 4) is 5.75 Å². The Labute approximate surface area is 176 Å². The van der Waals surface area contributed by atoms with E-state index in [0.29, 0.717) is 11.1 Å².